The fourth-order valence-corrected chi connectivity index (χ4v) is 2.24. The Morgan fingerprint density at radius 1 is 1.05 bits per heavy atom. The number of benzene rings is 2. The topological polar surface area (TPSA) is 61.2 Å². The molecule has 0 spiro atoms. The van der Waals surface area contributed by atoms with E-state index in [4.69, 9.17) is 4.74 Å². The minimum atomic E-state index is -0.331. The first kappa shape index (κ1) is 14.0. The van der Waals surface area contributed by atoms with Gasteiger partial charge in [-0.15, -0.1) is 0 Å². The van der Waals surface area contributed by atoms with Crippen molar-refractivity contribution in [3.05, 3.63) is 60.4 Å². The molecule has 1 heterocycles. The quantitative estimate of drug-likeness (QED) is 0.694. The monoisotopic (exact) mass is 294 g/mol. The molecule has 0 amide bonds. The predicted molar refractivity (Wildman–Crippen MR) is 82.3 cm³/mol. The number of imidazole rings is 1. The van der Waals surface area contributed by atoms with Crippen LogP contribution in [0, 0.1) is 0 Å². The first-order valence-corrected chi connectivity index (χ1v) is 6.86. The molecule has 0 aliphatic heterocycles. The van der Waals surface area contributed by atoms with Crippen LogP contribution >= 0.6 is 0 Å². The van der Waals surface area contributed by atoms with Gasteiger partial charge >= 0.3 is 0 Å². The summed E-state index contributed by atoms with van der Waals surface area (Å²) in [6, 6.07) is 16.2. The second kappa shape index (κ2) is 5.81. The van der Waals surface area contributed by atoms with Crippen LogP contribution in [0.25, 0.3) is 11.0 Å². The lowest BCUT2D eigenvalue weighted by molar-refractivity contribution is 0.0826. The second-order valence-corrected chi connectivity index (χ2v) is 4.81. The largest absolute Gasteiger partial charge is 0.484 e. The van der Waals surface area contributed by atoms with E-state index in [0.29, 0.717) is 16.8 Å². The zero-order valence-electron chi connectivity index (χ0n) is 12.0. The van der Waals surface area contributed by atoms with Gasteiger partial charge < -0.3 is 4.74 Å². The lowest BCUT2D eigenvalue weighted by Crippen LogP contribution is -2.22. The molecule has 3 aromatic rings. The third-order valence-electron chi connectivity index (χ3n) is 3.23. The molecule has 0 radical (unpaired) electrons. The molecule has 0 atom stereocenters. The molecular formula is C17H14N2O3. The standard InChI is InChI=1S/C17H14N2O3/c1-12(20)17-18-14-9-5-6-10-15(14)19(17)16(21)11-22-13-7-3-2-4-8-13/h2-10H,11H2,1H3. The van der Waals surface area contributed by atoms with Gasteiger partial charge in [-0.05, 0) is 24.3 Å². The highest BCUT2D eigenvalue weighted by Gasteiger charge is 2.19. The van der Waals surface area contributed by atoms with Gasteiger partial charge in [0, 0.05) is 6.92 Å². The molecule has 0 saturated carbocycles. The van der Waals surface area contributed by atoms with Crippen LogP contribution in [0.15, 0.2) is 54.6 Å². The number of nitrogens with zero attached hydrogens (tertiary/aromatic N) is 2. The van der Waals surface area contributed by atoms with E-state index < -0.39 is 0 Å². The Bertz CT molecular complexity index is 837. The molecule has 0 aliphatic carbocycles. The molecule has 5 heteroatoms. The van der Waals surface area contributed by atoms with Crippen molar-refractivity contribution in [1.82, 2.24) is 9.55 Å². The number of carbonyl (C=O) groups is 2. The van der Waals surface area contributed by atoms with Crippen LogP contribution in [0.4, 0.5) is 0 Å². The third-order valence-corrected chi connectivity index (χ3v) is 3.23. The molecule has 1 aromatic heterocycles. The number of aromatic nitrogens is 2. The number of carbonyl (C=O) groups excluding carboxylic acids is 2. The van der Waals surface area contributed by atoms with Crippen LogP contribution < -0.4 is 4.74 Å². The number of ether oxygens (including phenoxy) is 1. The minimum Gasteiger partial charge on any atom is -0.484 e. The van der Waals surface area contributed by atoms with Crippen LogP contribution in [0.1, 0.15) is 22.3 Å². The summed E-state index contributed by atoms with van der Waals surface area (Å²) in [7, 11) is 0. The molecular weight excluding hydrogens is 280 g/mol. The summed E-state index contributed by atoms with van der Waals surface area (Å²) in [6.07, 6.45) is 0. The second-order valence-electron chi connectivity index (χ2n) is 4.81. The van der Waals surface area contributed by atoms with E-state index in [9.17, 15) is 9.59 Å². The van der Waals surface area contributed by atoms with E-state index in [1.54, 1.807) is 30.3 Å². The highest BCUT2D eigenvalue weighted by atomic mass is 16.5. The van der Waals surface area contributed by atoms with E-state index in [1.807, 2.05) is 24.3 Å². The summed E-state index contributed by atoms with van der Waals surface area (Å²) in [5, 5.41) is 0. The predicted octanol–water partition coefficient (Wildman–Crippen LogP) is 2.96. The summed E-state index contributed by atoms with van der Waals surface area (Å²) < 4.78 is 6.79. The Morgan fingerprint density at radius 3 is 2.45 bits per heavy atom. The van der Waals surface area contributed by atoms with Crippen LogP contribution in [0.2, 0.25) is 0 Å². The molecule has 0 fully saturated rings. The van der Waals surface area contributed by atoms with Gasteiger partial charge in [-0.1, -0.05) is 30.3 Å². The maximum atomic E-state index is 12.5. The Morgan fingerprint density at radius 2 is 1.73 bits per heavy atom. The van der Waals surface area contributed by atoms with Gasteiger partial charge in [0.15, 0.2) is 18.2 Å². The Kier molecular flexibility index (Phi) is 3.70. The van der Waals surface area contributed by atoms with Gasteiger partial charge in [0.05, 0.1) is 11.0 Å². The van der Waals surface area contributed by atoms with Gasteiger partial charge in [0.1, 0.15) is 5.75 Å². The average Bonchev–Trinajstić information content (AvgIpc) is 2.93. The molecule has 0 unspecified atom stereocenters. The van der Waals surface area contributed by atoms with E-state index >= 15 is 0 Å². The van der Waals surface area contributed by atoms with E-state index in [0.717, 1.165) is 0 Å². The lowest BCUT2D eigenvalue weighted by atomic mass is 10.3. The van der Waals surface area contributed by atoms with Crippen LogP contribution in [0.3, 0.4) is 0 Å². The third kappa shape index (κ3) is 2.61. The Balaban J connectivity index is 1.93. The number of para-hydroxylation sites is 3. The summed E-state index contributed by atoms with van der Waals surface area (Å²) in [5.74, 6) is 0.138. The molecule has 0 saturated heterocycles. The first-order valence-electron chi connectivity index (χ1n) is 6.86. The van der Waals surface area contributed by atoms with Gasteiger partial charge in [-0.3, -0.25) is 14.2 Å². The maximum absolute atomic E-state index is 12.5. The maximum Gasteiger partial charge on any atom is 0.270 e. The summed E-state index contributed by atoms with van der Waals surface area (Å²) >= 11 is 0. The number of ketones is 1. The summed E-state index contributed by atoms with van der Waals surface area (Å²) in [4.78, 5) is 28.4. The smallest absolute Gasteiger partial charge is 0.270 e. The number of rotatable bonds is 4. The van der Waals surface area contributed by atoms with Crippen molar-refractivity contribution in [2.24, 2.45) is 0 Å². The van der Waals surface area contributed by atoms with Crippen LogP contribution in [0.5, 0.6) is 5.75 Å². The molecule has 22 heavy (non-hydrogen) atoms. The minimum absolute atomic E-state index is 0.128. The molecule has 3 rings (SSSR count). The fraction of sp³-hybridized carbons (Fsp3) is 0.118. The summed E-state index contributed by atoms with van der Waals surface area (Å²) in [5.41, 5.74) is 1.22. The molecule has 0 N–H and O–H groups in total. The van der Waals surface area contributed by atoms with Crippen LogP contribution in [-0.4, -0.2) is 27.8 Å². The highest BCUT2D eigenvalue weighted by molar-refractivity contribution is 6.01. The van der Waals surface area contributed by atoms with E-state index in [-0.39, 0.29) is 24.1 Å². The number of hydrogen-bond donors (Lipinski definition) is 0. The molecule has 5 nitrogen and oxygen atoms in total. The zero-order valence-corrected chi connectivity index (χ0v) is 12.0. The van der Waals surface area contributed by atoms with E-state index in [1.165, 1.54) is 11.5 Å². The highest BCUT2D eigenvalue weighted by Crippen LogP contribution is 2.17. The van der Waals surface area contributed by atoms with Gasteiger partial charge in [-0.25, -0.2) is 4.98 Å². The van der Waals surface area contributed by atoms with Crippen molar-refractivity contribution >= 4 is 22.7 Å². The number of Topliss-reactive ketones (excluding diaryl/α,β-unsaturated/α-hetero) is 1. The van der Waals surface area contributed by atoms with Crippen LogP contribution in [-0.2, 0) is 0 Å². The van der Waals surface area contributed by atoms with Crippen molar-refractivity contribution < 1.29 is 14.3 Å². The lowest BCUT2D eigenvalue weighted by Gasteiger charge is -2.08. The van der Waals surface area contributed by atoms with Crippen molar-refractivity contribution in [1.29, 1.82) is 0 Å². The normalized spacial score (nSPS) is 10.6. The number of fused-ring (bicyclic) bond motifs is 1. The van der Waals surface area contributed by atoms with Crippen molar-refractivity contribution in [3.63, 3.8) is 0 Å². The van der Waals surface area contributed by atoms with Gasteiger partial charge in [0.2, 0.25) is 0 Å². The Labute approximate surface area is 127 Å². The van der Waals surface area contributed by atoms with Gasteiger partial charge in [0.25, 0.3) is 5.91 Å². The molecule has 110 valence electrons. The SMILES string of the molecule is CC(=O)c1nc2ccccc2n1C(=O)COc1ccccc1. The fourth-order valence-electron chi connectivity index (χ4n) is 2.24. The van der Waals surface area contributed by atoms with Crippen molar-refractivity contribution in [2.45, 2.75) is 6.92 Å². The van der Waals surface area contributed by atoms with Crippen molar-refractivity contribution in [2.75, 3.05) is 6.61 Å². The molecule has 2 aromatic carbocycles. The molecule has 0 aliphatic rings. The van der Waals surface area contributed by atoms with Crippen molar-refractivity contribution in [3.8, 4) is 5.75 Å². The first-order chi connectivity index (χ1) is 10.7. The molecule has 0 bridgehead atoms. The van der Waals surface area contributed by atoms with E-state index in [2.05, 4.69) is 4.98 Å². The van der Waals surface area contributed by atoms with Gasteiger partial charge in [-0.2, -0.15) is 0 Å². The zero-order chi connectivity index (χ0) is 15.5. The summed E-state index contributed by atoms with van der Waals surface area (Å²) in [6.45, 7) is 1.23. The Hall–Kier alpha value is -2.95. The average molecular weight is 294 g/mol. The number of hydrogen-bond acceptors (Lipinski definition) is 4.